The highest BCUT2D eigenvalue weighted by Gasteiger charge is 2.31. The van der Waals surface area contributed by atoms with E-state index in [1.165, 1.54) is 23.9 Å². The number of rotatable bonds is 18. The SMILES string of the molecule is CSCCC(NC(=O)C(CC(N)=O)NC(=O)C(N)Cc1ccc(O)cc1)C(=O)NC(CCCCN)C(=O)O. The third-order valence-electron chi connectivity index (χ3n) is 5.57. The van der Waals surface area contributed by atoms with E-state index in [1.54, 1.807) is 18.4 Å². The number of nitrogens with one attached hydrogen (secondary N) is 3. The number of thioether (sulfide) groups is 1. The van der Waals surface area contributed by atoms with Crippen LogP contribution in [0, 0.1) is 0 Å². The lowest BCUT2D eigenvalue weighted by atomic mass is 10.0. The molecule has 0 radical (unpaired) electrons. The average molecular weight is 555 g/mol. The number of primary amides is 1. The van der Waals surface area contributed by atoms with E-state index in [0.29, 0.717) is 30.7 Å². The van der Waals surface area contributed by atoms with Gasteiger partial charge in [0.2, 0.25) is 23.6 Å². The number of benzene rings is 1. The van der Waals surface area contributed by atoms with Gasteiger partial charge in [0, 0.05) is 0 Å². The van der Waals surface area contributed by atoms with Gasteiger partial charge in [-0.05, 0) is 68.4 Å². The van der Waals surface area contributed by atoms with E-state index >= 15 is 0 Å². The summed E-state index contributed by atoms with van der Waals surface area (Å²) in [6, 6.07) is 1.29. The third kappa shape index (κ3) is 12.3. The van der Waals surface area contributed by atoms with Crippen molar-refractivity contribution in [3.63, 3.8) is 0 Å². The molecular weight excluding hydrogens is 516 g/mol. The number of hydrogen-bond donors (Lipinski definition) is 8. The number of carbonyl (C=O) groups is 5. The van der Waals surface area contributed by atoms with Crippen LogP contribution in [0.4, 0.5) is 0 Å². The zero-order valence-corrected chi connectivity index (χ0v) is 22.2. The van der Waals surface area contributed by atoms with E-state index in [0.717, 1.165) is 0 Å². The lowest BCUT2D eigenvalue weighted by Crippen LogP contribution is -2.58. The standard InChI is InChI=1S/C24H38N6O7S/c1-38-11-9-17(22(34)29-18(24(36)37)4-2-3-10-25)28-23(35)19(13-20(27)32)30-21(33)16(26)12-14-5-7-15(31)8-6-14/h5-8,16-19,31H,2-4,9-13,25-26H2,1H3,(H2,27,32)(H,28,35)(H,29,34)(H,30,33)(H,36,37). The number of carboxylic acids is 1. The summed E-state index contributed by atoms with van der Waals surface area (Å²) in [6.45, 7) is 0.387. The minimum atomic E-state index is -1.41. The summed E-state index contributed by atoms with van der Waals surface area (Å²) < 4.78 is 0. The molecule has 11 N–H and O–H groups in total. The number of carboxylic acid groups (broad SMARTS) is 1. The van der Waals surface area contributed by atoms with Gasteiger partial charge in [-0.3, -0.25) is 19.2 Å². The minimum Gasteiger partial charge on any atom is -0.508 e. The van der Waals surface area contributed by atoms with Gasteiger partial charge in [0.1, 0.15) is 23.9 Å². The zero-order valence-electron chi connectivity index (χ0n) is 21.4. The third-order valence-corrected chi connectivity index (χ3v) is 6.22. The Bertz CT molecular complexity index is 947. The van der Waals surface area contributed by atoms with Crippen molar-refractivity contribution in [3.8, 4) is 5.75 Å². The molecule has 0 saturated heterocycles. The molecule has 4 amide bonds. The molecule has 4 unspecified atom stereocenters. The van der Waals surface area contributed by atoms with E-state index in [1.807, 2.05) is 0 Å². The Hall–Kier alpha value is -3.36. The number of amides is 4. The second-order valence-electron chi connectivity index (χ2n) is 8.74. The molecule has 38 heavy (non-hydrogen) atoms. The summed E-state index contributed by atoms with van der Waals surface area (Å²) in [5.41, 5.74) is 17.3. The molecule has 0 aliphatic rings. The first-order valence-electron chi connectivity index (χ1n) is 12.1. The Kier molecular flexibility index (Phi) is 14.8. The van der Waals surface area contributed by atoms with Crippen LogP contribution in [0.25, 0.3) is 0 Å². The van der Waals surface area contributed by atoms with Crippen molar-refractivity contribution in [2.75, 3.05) is 18.6 Å². The van der Waals surface area contributed by atoms with Crippen molar-refractivity contribution < 1.29 is 34.2 Å². The summed E-state index contributed by atoms with van der Waals surface area (Å²) in [5.74, 6) is -3.84. The van der Waals surface area contributed by atoms with Crippen molar-refractivity contribution in [2.24, 2.45) is 17.2 Å². The van der Waals surface area contributed by atoms with E-state index in [-0.39, 0.29) is 25.0 Å². The topological polar surface area (TPSA) is 240 Å². The van der Waals surface area contributed by atoms with Gasteiger partial charge < -0.3 is 43.4 Å². The zero-order chi connectivity index (χ0) is 28.7. The van der Waals surface area contributed by atoms with Crippen LogP contribution in [0.15, 0.2) is 24.3 Å². The van der Waals surface area contributed by atoms with Crippen LogP contribution in [0.1, 0.15) is 37.7 Å². The Morgan fingerprint density at radius 3 is 2.03 bits per heavy atom. The fraction of sp³-hybridized carbons (Fsp3) is 0.542. The van der Waals surface area contributed by atoms with Crippen LogP contribution in [0.2, 0.25) is 0 Å². The molecule has 0 spiro atoms. The van der Waals surface area contributed by atoms with E-state index in [4.69, 9.17) is 17.2 Å². The van der Waals surface area contributed by atoms with Crippen LogP contribution in [0.5, 0.6) is 5.75 Å². The van der Waals surface area contributed by atoms with Crippen molar-refractivity contribution in [1.82, 2.24) is 16.0 Å². The smallest absolute Gasteiger partial charge is 0.326 e. The van der Waals surface area contributed by atoms with Gasteiger partial charge in [0.25, 0.3) is 0 Å². The largest absolute Gasteiger partial charge is 0.508 e. The van der Waals surface area contributed by atoms with Gasteiger partial charge in [-0.2, -0.15) is 11.8 Å². The first-order chi connectivity index (χ1) is 18.0. The highest BCUT2D eigenvalue weighted by atomic mass is 32.2. The molecule has 0 saturated carbocycles. The normalized spacial score (nSPS) is 14.0. The first-order valence-corrected chi connectivity index (χ1v) is 13.5. The maximum absolute atomic E-state index is 13.0. The molecule has 1 aromatic rings. The molecule has 1 aromatic carbocycles. The molecule has 14 heteroatoms. The number of aliphatic carboxylic acids is 1. The van der Waals surface area contributed by atoms with Gasteiger partial charge >= 0.3 is 5.97 Å². The average Bonchev–Trinajstić information content (AvgIpc) is 2.86. The molecule has 0 heterocycles. The maximum Gasteiger partial charge on any atom is 0.326 e. The molecule has 0 bridgehead atoms. The van der Waals surface area contributed by atoms with Gasteiger partial charge in [0.05, 0.1) is 12.5 Å². The summed E-state index contributed by atoms with van der Waals surface area (Å²) in [4.78, 5) is 61.8. The molecule has 0 aliphatic heterocycles. The summed E-state index contributed by atoms with van der Waals surface area (Å²) in [7, 11) is 0. The fourth-order valence-corrected chi connectivity index (χ4v) is 3.94. The number of unbranched alkanes of at least 4 members (excludes halogenated alkanes) is 1. The summed E-state index contributed by atoms with van der Waals surface area (Å²) in [5, 5.41) is 26.2. The second kappa shape index (κ2) is 17.2. The molecule has 0 aromatic heterocycles. The van der Waals surface area contributed by atoms with Crippen molar-refractivity contribution in [2.45, 2.75) is 62.7 Å². The van der Waals surface area contributed by atoms with Crippen molar-refractivity contribution in [1.29, 1.82) is 0 Å². The van der Waals surface area contributed by atoms with Crippen LogP contribution in [0.3, 0.4) is 0 Å². The lowest BCUT2D eigenvalue weighted by Gasteiger charge is -2.25. The molecular formula is C24H38N6O7S. The van der Waals surface area contributed by atoms with Crippen molar-refractivity contribution >= 4 is 41.4 Å². The summed E-state index contributed by atoms with van der Waals surface area (Å²) >= 11 is 1.41. The lowest BCUT2D eigenvalue weighted by molar-refractivity contribution is -0.142. The monoisotopic (exact) mass is 554 g/mol. The highest BCUT2D eigenvalue weighted by Crippen LogP contribution is 2.11. The minimum absolute atomic E-state index is 0.0512. The Morgan fingerprint density at radius 1 is 0.895 bits per heavy atom. The van der Waals surface area contributed by atoms with E-state index in [2.05, 4.69) is 16.0 Å². The number of hydrogen-bond acceptors (Lipinski definition) is 9. The van der Waals surface area contributed by atoms with Gasteiger partial charge in [0.15, 0.2) is 0 Å². The maximum atomic E-state index is 13.0. The molecule has 13 nitrogen and oxygen atoms in total. The van der Waals surface area contributed by atoms with Crippen LogP contribution < -0.4 is 33.2 Å². The first kappa shape index (κ1) is 32.7. The van der Waals surface area contributed by atoms with Gasteiger partial charge in [-0.15, -0.1) is 0 Å². The molecule has 0 fully saturated rings. The fourth-order valence-electron chi connectivity index (χ4n) is 3.47. The Balaban J connectivity index is 2.93. The van der Waals surface area contributed by atoms with E-state index in [9.17, 15) is 34.2 Å². The van der Waals surface area contributed by atoms with Crippen LogP contribution in [-0.4, -0.2) is 82.5 Å². The predicted octanol–water partition coefficient (Wildman–Crippen LogP) is -1.44. The summed E-state index contributed by atoms with van der Waals surface area (Å²) in [6.07, 6.45) is 2.78. The van der Waals surface area contributed by atoms with Gasteiger partial charge in [-0.1, -0.05) is 12.1 Å². The number of phenolic OH excluding ortho intramolecular Hbond substituents is 1. The number of carbonyl (C=O) groups excluding carboxylic acids is 4. The number of aromatic hydroxyl groups is 1. The van der Waals surface area contributed by atoms with Crippen LogP contribution in [-0.2, 0) is 30.4 Å². The molecule has 4 atom stereocenters. The Morgan fingerprint density at radius 2 is 1.47 bits per heavy atom. The molecule has 1 rings (SSSR count). The van der Waals surface area contributed by atoms with Gasteiger partial charge in [-0.25, -0.2) is 4.79 Å². The molecule has 0 aliphatic carbocycles. The van der Waals surface area contributed by atoms with E-state index < -0.39 is 60.2 Å². The van der Waals surface area contributed by atoms with Crippen LogP contribution >= 0.6 is 11.8 Å². The van der Waals surface area contributed by atoms with Crippen molar-refractivity contribution in [3.05, 3.63) is 29.8 Å². The highest BCUT2D eigenvalue weighted by molar-refractivity contribution is 7.98. The Labute approximate surface area is 225 Å². The predicted molar refractivity (Wildman–Crippen MR) is 143 cm³/mol. The number of phenols is 1. The second-order valence-corrected chi connectivity index (χ2v) is 9.72. The quantitative estimate of drug-likeness (QED) is 0.0982. The molecule has 212 valence electrons. The number of nitrogens with two attached hydrogens (primary N) is 3.